The largest absolute Gasteiger partial charge is 0.507 e. The second-order valence-electron chi connectivity index (χ2n) is 7.88. The topological polar surface area (TPSA) is 40.5 Å². The van der Waals surface area contributed by atoms with Crippen molar-refractivity contribution in [1.82, 2.24) is 0 Å². The molecule has 0 aromatic heterocycles. The third-order valence-electron chi connectivity index (χ3n) is 3.88. The molecule has 0 aliphatic heterocycles. The minimum atomic E-state index is -0.0982. The molecule has 2 nitrogen and oxygen atoms in total. The Morgan fingerprint density at radius 2 is 1.35 bits per heavy atom. The van der Waals surface area contributed by atoms with Crippen molar-refractivity contribution in [2.45, 2.75) is 71.6 Å². The van der Waals surface area contributed by atoms with E-state index in [-0.39, 0.29) is 17.4 Å². The maximum absolute atomic E-state index is 10.6. The van der Waals surface area contributed by atoms with Gasteiger partial charge in [0.05, 0.1) is 0 Å². The van der Waals surface area contributed by atoms with Gasteiger partial charge in [-0.1, -0.05) is 60.6 Å². The van der Waals surface area contributed by atoms with E-state index in [9.17, 15) is 5.11 Å². The predicted molar refractivity (Wildman–Crippen MR) is 85.6 cm³/mol. The maximum atomic E-state index is 10.6. The van der Waals surface area contributed by atoms with Crippen molar-refractivity contribution in [3.05, 3.63) is 28.8 Å². The Morgan fingerprint density at radius 1 is 0.950 bits per heavy atom. The summed E-state index contributed by atoms with van der Waals surface area (Å²) in [6, 6.07) is 4.20. The van der Waals surface area contributed by atoms with E-state index in [2.05, 4.69) is 60.6 Å². The molecule has 1 rings (SSSR count). The minimum Gasteiger partial charge on any atom is -0.507 e. The van der Waals surface area contributed by atoms with Crippen LogP contribution in [0.2, 0.25) is 0 Å². The molecule has 0 unspecified atom stereocenters. The van der Waals surface area contributed by atoms with Crippen LogP contribution in [0, 0.1) is 0 Å². The molecule has 2 N–H and O–H groups in total. The van der Waals surface area contributed by atoms with Gasteiger partial charge in [0.2, 0.25) is 0 Å². The lowest BCUT2D eigenvalue weighted by Gasteiger charge is -2.29. The molecule has 0 spiro atoms. The van der Waals surface area contributed by atoms with Crippen molar-refractivity contribution in [3.8, 4) is 5.75 Å². The summed E-state index contributed by atoms with van der Waals surface area (Å²) in [5.41, 5.74) is 2.99. The van der Waals surface area contributed by atoms with E-state index in [1.807, 2.05) is 0 Å². The Morgan fingerprint density at radius 3 is 1.65 bits per heavy atom. The summed E-state index contributed by atoms with van der Waals surface area (Å²) < 4.78 is 0. The van der Waals surface area contributed by atoms with Gasteiger partial charge in [-0.15, -0.1) is 0 Å². The lowest BCUT2D eigenvalue weighted by Crippen LogP contribution is -2.18. The normalized spacial score (nSPS) is 14.4. The Labute approximate surface area is 123 Å². The van der Waals surface area contributed by atoms with Crippen LogP contribution >= 0.6 is 0 Å². The van der Waals surface area contributed by atoms with E-state index < -0.39 is 0 Å². The number of rotatable bonds is 3. The van der Waals surface area contributed by atoms with Crippen LogP contribution in [0.15, 0.2) is 12.1 Å². The zero-order chi connectivity index (χ0) is 15.7. The SMILES string of the molecule is C[C@H](CCO)c1cc(C(C)(C)C)c(O)c(C(C)(C)C)c1. The Bertz CT molecular complexity index is 426. The quantitative estimate of drug-likeness (QED) is 0.856. The first-order valence-electron chi connectivity index (χ1n) is 7.47. The monoisotopic (exact) mass is 278 g/mol. The van der Waals surface area contributed by atoms with Crippen molar-refractivity contribution in [1.29, 1.82) is 0 Å². The minimum absolute atomic E-state index is 0.0982. The van der Waals surface area contributed by atoms with Gasteiger partial charge in [0.15, 0.2) is 0 Å². The first-order chi connectivity index (χ1) is 8.98. The van der Waals surface area contributed by atoms with Gasteiger partial charge in [-0.2, -0.15) is 0 Å². The van der Waals surface area contributed by atoms with Gasteiger partial charge < -0.3 is 10.2 Å². The second-order valence-corrected chi connectivity index (χ2v) is 7.88. The third-order valence-corrected chi connectivity index (χ3v) is 3.88. The fourth-order valence-electron chi connectivity index (χ4n) is 2.45. The third kappa shape index (κ3) is 3.76. The van der Waals surface area contributed by atoms with Crippen LogP contribution < -0.4 is 0 Å². The van der Waals surface area contributed by atoms with E-state index in [0.717, 1.165) is 17.5 Å². The number of hydrogen-bond acceptors (Lipinski definition) is 2. The fraction of sp³-hybridized carbons (Fsp3) is 0.667. The summed E-state index contributed by atoms with van der Waals surface area (Å²) in [6.45, 7) is 15.0. The van der Waals surface area contributed by atoms with Gasteiger partial charge in [-0.05, 0) is 39.9 Å². The molecule has 0 amide bonds. The number of phenolic OH excluding ortho intramolecular Hbond substituents is 1. The summed E-state index contributed by atoms with van der Waals surface area (Å²) in [5, 5.41) is 19.8. The molecule has 0 fully saturated rings. The van der Waals surface area contributed by atoms with Crippen LogP contribution in [0.3, 0.4) is 0 Å². The van der Waals surface area contributed by atoms with Crippen molar-refractivity contribution in [2.75, 3.05) is 6.61 Å². The lowest BCUT2D eigenvalue weighted by molar-refractivity contribution is 0.278. The molecule has 0 bridgehead atoms. The second kappa shape index (κ2) is 5.77. The highest BCUT2D eigenvalue weighted by molar-refractivity contribution is 5.50. The van der Waals surface area contributed by atoms with Gasteiger partial charge >= 0.3 is 0 Å². The van der Waals surface area contributed by atoms with Crippen molar-refractivity contribution in [2.24, 2.45) is 0 Å². The molecule has 0 aliphatic carbocycles. The van der Waals surface area contributed by atoms with Crippen LogP contribution in [-0.2, 0) is 10.8 Å². The number of aliphatic hydroxyl groups excluding tert-OH is 1. The van der Waals surface area contributed by atoms with Gasteiger partial charge in [0.1, 0.15) is 5.75 Å². The first-order valence-corrected chi connectivity index (χ1v) is 7.47. The molecule has 0 radical (unpaired) electrons. The smallest absolute Gasteiger partial charge is 0.123 e. The van der Waals surface area contributed by atoms with Crippen LogP contribution in [0.1, 0.15) is 77.5 Å². The first kappa shape index (κ1) is 17.0. The molecular formula is C18H30O2. The molecule has 2 heteroatoms. The average Bonchev–Trinajstić information content (AvgIpc) is 2.26. The van der Waals surface area contributed by atoms with E-state index in [1.54, 1.807) is 0 Å². The Hall–Kier alpha value is -1.02. The number of hydrogen-bond donors (Lipinski definition) is 2. The Kier molecular flexibility index (Phi) is 4.91. The number of benzene rings is 1. The van der Waals surface area contributed by atoms with Crippen LogP contribution in [-0.4, -0.2) is 16.8 Å². The molecule has 0 saturated heterocycles. The molecule has 20 heavy (non-hydrogen) atoms. The van der Waals surface area contributed by atoms with Crippen molar-refractivity contribution in [3.63, 3.8) is 0 Å². The van der Waals surface area contributed by atoms with Crippen LogP contribution in [0.5, 0.6) is 5.75 Å². The molecule has 1 atom stereocenters. The highest BCUT2D eigenvalue weighted by Crippen LogP contribution is 2.41. The van der Waals surface area contributed by atoms with Crippen molar-refractivity contribution >= 4 is 0 Å². The summed E-state index contributed by atoms with van der Waals surface area (Å²) in [5.74, 6) is 0.716. The molecular weight excluding hydrogens is 248 g/mol. The summed E-state index contributed by atoms with van der Waals surface area (Å²) in [6.07, 6.45) is 0.748. The van der Waals surface area contributed by atoms with Gasteiger partial charge in [0, 0.05) is 6.61 Å². The van der Waals surface area contributed by atoms with Crippen LogP contribution in [0.25, 0.3) is 0 Å². The lowest BCUT2D eigenvalue weighted by atomic mass is 9.77. The fourth-order valence-corrected chi connectivity index (χ4v) is 2.45. The number of phenols is 1. The number of aliphatic hydroxyl groups is 1. The molecule has 0 aliphatic rings. The number of aromatic hydroxyl groups is 1. The summed E-state index contributed by atoms with van der Waals surface area (Å²) in [4.78, 5) is 0. The van der Waals surface area contributed by atoms with E-state index in [0.29, 0.717) is 11.7 Å². The molecule has 1 aromatic rings. The molecule has 114 valence electrons. The van der Waals surface area contributed by atoms with Crippen molar-refractivity contribution < 1.29 is 10.2 Å². The predicted octanol–water partition coefficient (Wildman–Crippen LogP) is 4.47. The zero-order valence-corrected chi connectivity index (χ0v) is 14.0. The maximum Gasteiger partial charge on any atom is 0.123 e. The summed E-state index contributed by atoms with van der Waals surface area (Å²) in [7, 11) is 0. The van der Waals surface area contributed by atoms with Gasteiger partial charge in [-0.3, -0.25) is 0 Å². The molecule has 0 heterocycles. The van der Waals surface area contributed by atoms with Gasteiger partial charge in [-0.25, -0.2) is 0 Å². The van der Waals surface area contributed by atoms with Gasteiger partial charge in [0.25, 0.3) is 0 Å². The average molecular weight is 278 g/mol. The Balaban J connectivity index is 3.50. The van der Waals surface area contributed by atoms with E-state index in [1.165, 1.54) is 5.56 Å². The summed E-state index contributed by atoms with van der Waals surface area (Å²) >= 11 is 0. The van der Waals surface area contributed by atoms with E-state index in [4.69, 9.17) is 5.11 Å². The highest BCUT2D eigenvalue weighted by Gasteiger charge is 2.27. The standard InChI is InChI=1S/C18H30O2/c1-12(8-9-19)13-10-14(17(2,3)4)16(20)15(11-13)18(5,6)7/h10-12,19-20H,8-9H2,1-7H3/t12-/m1/s1. The highest BCUT2D eigenvalue weighted by atomic mass is 16.3. The van der Waals surface area contributed by atoms with E-state index >= 15 is 0 Å². The molecule has 0 saturated carbocycles. The van der Waals surface area contributed by atoms with Crippen LogP contribution in [0.4, 0.5) is 0 Å². The molecule has 1 aromatic carbocycles. The zero-order valence-electron chi connectivity index (χ0n) is 14.0.